The molecule has 0 spiro atoms. The van der Waals surface area contributed by atoms with E-state index >= 15 is 0 Å². The van der Waals surface area contributed by atoms with Crippen molar-refractivity contribution in [2.75, 3.05) is 18.5 Å². The minimum Gasteiger partial charge on any atom is -0.396 e. The van der Waals surface area contributed by atoms with Gasteiger partial charge in [0.15, 0.2) is 0 Å². The first-order valence-corrected chi connectivity index (χ1v) is 3.53. The van der Waals surface area contributed by atoms with E-state index in [1.165, 1.54) is 6.33 Å². The van der Waals surface area contributed by atoms with Crippen LogP contribution in [0.5, 0.6) is 0 Å². The first-order valence-electron chi connectivity index (χ1n) is 3.53. The van der Waals surface area contributed by atoms with Crippen LogP contribution >= 0.6 is 0 Å². The molecule has 4 nitrogen and oxygen atoms in total. The molecule has 60 valence electrons. The van der Waals surface area contributed by atoms with Gasteiger partial charge in [0.1, 0.15) is 6.33 Å². The molecule has 2 N–H and O–H groups in total. The molecule has 0 saturated carbocycles. The Morgan fingerprint density at radius 3 is 2.73 bits per heavy atom. The average Bonchev–Trinajstić information content (AvgIpc) is 2.07. The third-order valence-corrected chi connectivity index (χ3v) is 1.22. The summed E-state index contributed by atoms with van der Waals surface area (Å²) < 4.78 is 0. The zero-order valence-corrected chi connectivity index (χ0v) is 6.20. The second-order valence-electron chi connectivity index (χ2n) is 2.13. The summed E-state index contributed by atoms with van der Waals surface area (Å²) in [5.74, 6) is 0. The van der Waals surface area contributed by atoms with Crippen LogP contribution in [0.15, 0.2) is 18.7 Å². The lowest BCUT2D eigenvalue weighted by molar-refractivity contribution is 0.292. The SMILES string of the molecule is OCCCNc1cncnc1. The van der Waals surface area contributed by atoms with Crippen LogP contribution in [-0.4, -0.2) is 28.2 Å². The number of hydrogen-bond acceptors (Lipinski definition) is 4. The Hall–Kier alpha value is -1.16. The lowest BCUT2D eigenvalue weighted by Crippen LogP contribution is -2.03. The monoisotopic (exact) mass is 153 g/mol. The summed E-state index contributed by atoms with van der Waals surface area (Å²) in [6.45, 7) is 0.963. The molecule has 1 rings (SSSR count). The molecule has 0 aliphatic carbocycles. The minimum atomic E-state index is 0.209. The molecule has 0 fully saturated rings. The standard InChI is InChI=1S/C7H11N3O/c11-3-1-2-10-7-4-8-6-9-5-7/h4-6,10-11H,1-3H2. The van der Waals surface area contributed by atoms with Gasteiger partial charge >= 0.3 is 0 Å². The Bertz CT molecular complexity index is 190. The summed E-state index contributed by atoms with van der Waals surface area (Å²) in [5, 5.41) is 11.5. The summed E-state index contributed by atoms with van der Waals surface area (Å²) >= 11 is 0. The van der Waals surface area contributed by atoms with Crippen molar-refractivity contribution in [1.82, 2.24) is 9.97 Å². The van der Waals surface area contributed by atoms with Crippen molar-refractivity contribution in [3.8, 4) is 0 Å². The van der Waals surface area contributed by atoms with Crippen LogP contribution in [0, 0.1) is 0 Å². The van der Waals surface area contributed by atoms with Crippen molar-refractivity contribution in [3.05, 3.63) is 18.7 Å². The number of aliphatic hydroxyl groups excluding tert-OH is 1. The van der Waals surface area contributed by atoms with Crippen LogP contribution in [0.4, 0.5) is 5.69 Å². The molecular formula is C7H11N3O. The Balaban J connectivity index is 2.28. The molecule has 0 aliphatic heterocycles. The zero-order chi connectivity index (χ0) is 7.94. The maximum Gasteiger partial charge on any atom is 0.115 e. The van der Waals surface area contributed by atoms with Gasteiger partial charge in [-0.3, -0.25) is 0 Å². The smallest absolute Gasteiger partial charge is 0.115 e. The van der Waals surface area contributed by atoms with Crippen molar-refractivity contribution in [3.63, 3.8) is 0 Å². The van der Waals surface area contributed by atoms with Gasteiger partial charge in [-0.2, -0.15) is 0 Å². The number of rotatable bonds is 4. The Kier molecular flexibility index (Phi) is 3.34. The van der Waals surface area contributed by atoms with E-state index in [0.717, 1.165) is 18.7 Å². The summed E-state index contributed by atoms with van der Waals surface area (Å²) in [7, 11) is 0. The quantitative estimate of drug-likeness (QED) is 0.610. The highest BCUT2D eigenvalue weighted by Crippen LogP contribution is 1.98. The molecule has 0 aliphatic rings. The van der Waals surface area contributed by atoms with E-state index in [4.69, 9.17) is 5.11 Å². The minimum absolute atomic E-state index is 0.209. The molecule has 0 amide bonds. The fraction of sp³-hybridized carbons (Fsp3) is 0.429. The lowest BCUT2D eigenvalue weighted by Gasteiger charge is -2.01. The van der Waals surface area contributed by atoms with Crippen LogP contribution in [0.3, 0.4) is 0 Å². The second kappa shape index (κ2) is 4.62. The van der Waals surface area contributed by atoms with Gasteiger partial charge in [0.25, 0.3) is 0 Å². The van der Waals surface area contributed by atoms with Gasteiger partial charge in [0.05, 0.1) is 18.1 Å². The Morgan fingerprint density at radius 1 is 1.36 bits per heavy atom. The van der Waals surface area contributed by atoms with Gasteiger partial charge in [-0.05, 0) is 6.42 Å². The molecular weight excluding hydrogens is 142 g/mol. The summed E-state index contributed by atoms with van der Waals surface area (Å²) in [4.78, 5) is 7.65. The third-order valence-electron chi connectivity index (χ3n) is 1.22. The van der Waals surface area contributed by atoms with E-state index in [0.29, 0.717) is 0 Å². The van der Waals surface area contributed by atoms with E-state index in [9.17, 15) is 0 Å². The number of aliphatic hydroxyl groups is 1. The molecule has 1 aromatic rings. The second-order valence-corrected chi connectivity index (χ2v) is 2.13. The number of hydrogen-bond donors (Lipinski definition) is 2. The highest BCUT2D eigenvalue weighted by Gasteiger charge is 1.88. The normalized spacial score (nSPS) is 9.55. The molecule has 0 saturated heterocycles. The van der Waals surface area contributed by atoms with Gasteiger partial charge in [0, 0.05) is 13.2 Å². The van der Waals surface area contributed by atoms with Crippen LogP contribution in [-0.2, 0) is 0 Å². The van der Waals surface area contributed by atoms with Crippen LogP contribution < -0.4 is 5.32 Å². The molecule has 1 heterocycles. The van der Waals surface area contributed by atoms with Crippen LogP contribution in [0.1, 0.15) is 6.42 Å². The molecule has 4 heteroatoms. The highest BCUT2D eigenvalue weighted by molar-refractivity contribution is 5.36. The molecule has 0 radical (unpaired) electrons. The number of anilines is 1. The lowest BCUT2D eigenvalue weighted by atomic mass is 10.4. The third kappa shape index (κ3) is 2.95. The van der Waals surface area contributed by atoms with Crippen LogP contribution in [0.25, 0.3) is 0 Å². The van der Waals surface area contributed by atoms with Crippen molar-refractivity contribution in [2.45, 2.75) is 6.42 Å². The van der Waals surface area contributed by atoms with E-state index in [2.05, 4.69) is 15.3 Å². The highest BCUT2D eigenvalue weighted by atomic mass is 16.3. The predicted octanol–water partition coefficient (Wildman–Crippen LogP) is 0.271. The summed E-state index contributed by atoms with van der Waals surface area (Å²) in [5.41, 5.74) is 0.890. The van der Waals surface area contributed by atoms with Gasteiger partial charge in [-0.15, -0.1) is 0 Å². The molecule has 0 atom stereocenters. The number of aromatic nitrogens is 2. The van der Waals surface area contributed by atoms with E-state index in [1.54, 1.807) is 12.4 Å². The predicted molar refractivity (Wildman–Crippen MR) is 42.2 cm³/mol. The Labute approximate surface area is 65.3 Å². The van der Waals surface area contributed by atoms with E-state index in [1.807, 2.05) is 0 Å². The van der Waals surface area contributed by atoms with Gasteiger partial charge < -0.3 is 10.4 Å². The average molecular weight is 153 g/mol. The number of nitrogens with one attached hydrogen (secondary N) is 1. The molecule has 1 aromatic heterocycles. The Morgan fingerprint density at radius 2 is 2.09 bits per heavy atom. The zero-order valence-electron chi connectivity index (χ0n) is 6.20. The molecule has 0 unspecified atom stereocenters. The summed E-state index contributed by atoms with van der Waals surface area (Å²) in [6.07, 6.45) is 5.63. The fourth-order valence-corrected chi connectivity index (χ4v) is 0.702. The number of nitrogens with zero attached hydrogens (tertiary/aromatic N) is 2. The largest absolute Gasteiger partial charge is 0.396 e. The topological polar surface area (TPSA) is 58.0 Å². The van der Waals surface area contributed by atoms with E-state index < -0.39 is 0 Å². The maximum atomic E-state index is 8.47. The van der Waals surface area contributed by atoms with Crippen molar-refractivity contribution in [1.29, 1.82) is 0 Å². The van der Waals surface area contributed by atoms with Crippen molar-refractivity contribution >= 4 is 5.69 Å². The first-order chi connectivity index (χ1) is 5.43. The fourth-order valence-electron chi connectivity index (χ4n) is 0.702. The van der Waals surface area contributed by atoms with Crippen LogP contribution in [0.2, 0.25) is 0 Å². The van der Waals surface area contributed by atoms with Gasteiger partial charge in [-0.25, -0.2) is 9.97 Å². The molecule has 11 heavy (non-hydrogen) atoms. The first kappa shape index (κ1) is 7.94. The molecule has 0 aromatic carbocycles. The summed E-state index contributed by atoms with van der Waals surface area (Å²) in [6, 6.07) is 0. The van der Waals surface area contributed by atoms with Crippen molar-refractivity contribution < 1.29 is 5.11 Å². The van der Waals surface area contributed by atoms with Gasteiger partial charge in [0.2, 0.25) is 0 Å². The van der Waals surface area contributed by atoms with Gasteiger partial charge in [-0.1, -0.05) is 0 Å². The maximum absolute atomic E-state index is 8.47. The van der Waals surface area contributed by atoms with Crippen molar-refractivity contribution in [2.24, 2.45) is 0 Å². The molecule has 0 bridgehead atoms. The van der Waals surface area contributed by atoms with E-state index in [-0.39, 0.29) is 6.61 Å².